The van der Waals surface area contributed by atoms with Crippen molar-refractivity contribution in [1.29, 1.82) is 0 Å². The molecule has 0 atom stereocenters. The van der Waals surface area contributed by atoms with Gasteiger partial charge in [0.25, 0.3) is 10.0 Å². The molecule has 98 valence electrons. The molecule has 1 aliphatic carbocycles. The van der Waals surface area contributed by atoms with Gasteiger partial charge in [-0.25, -0.2) is 8.42 Å². The lowest BCUT2D eigenvalue weighted by molar-refractivity contribution is -0.122. The van der Waals surface area contributed by atoms with Gasteiger partial charge in [-0.2, -0.15) is 0 Å². The van der Waals surface area contributed by atoms with Crippen LogP contribution >= 0.6 is 23.2 Å². The van der Waals surface area contributed by atoms with E-state index in [2.05, 4.69) is 5.43 Å². The zero-order valence-corrected chi connectivity index (χ0v) is 11.4. The first-order valence-electron chi connectivity index (χ1n) is 5.17. The summed E-state index contributed by atoms with van der Waals surface area (Å²) in [5, 5.41) is 0.394. The molecule has 8 heteroatoms. The van der Waals surface area contributed by atoms with Gasteiger partial charge < -0.3 is 0 Å². The van der Waals surface area contributed by atoms with E-state index in [1.54, 1.807) is 0 Å². The molecule has 5 nitrogen and oxygen atoms in total. The topological polar surface area (TPSA) is 75.3 Å². The standard InChI is InChI=1S/C10H10Cl2N2O3S/c11-8-4-3-7(5-9(8)12)18(16,17)14-13-10(15)6-1-2-6/h3-6,14H,1-2H2,(H,13,15). The maximum absolute atomic E-state index is 11.8. The SMILES string of the molecule is O=C(NNS(=O)(=O)c1ccc(Cl)c(Cl)c1)C1CC1. The molecule has 0 saturated heterocycles. The van der Waals surface area contributed by atoms with Crippen molar-refractivity contribution >= 4 is 39.1 Å². The first-order chi connectivity index (χ1) is 8.40. The first-order valence-corrected chi connectivity index (χ1v) is 7.41. The van der Waals surface area contributed by atoms with Gasteiger partial charge in [0.05, 0.1) is 14.9 Å². The second-order valence-corrected chi connectivity index (χ2v) is 6.44. The molecule has 0 radical (unpaired) electrons. The van der Waals surface area contributed by atoms with Crippen LogP contribution in [0.4, 0.5) is 0 Å². The van der Waals surface area contributed by atoms with Crippen LogP contribution in [-0.4, -0.2) is 14.3 Å². The van der Waals surface area contributed by atoms with E-state index in [-0.39, 0.29) is 26.8 Å². The van der Waals surface area contributed by atoms with E-state index >= 15 is 0 Å². The highest BCUT2D eigenvalue weighted by atomic mass is 35.5. The van der Waals surface area contributed by atoms with E-state index in [1.807, 2.05) is 4.83 Å². The van der Waals surface area contributed by atoms with Crippen LogP contribution in [0, 0.1) is 5.92 Å². The van der Waals surface area contributed by atoms with E-state index < -0.39 is 10.0 Å². The Morgan fingerprint density at radius 2 is 1.89 bits per heavy atom. The third-order valence-corrected chi connectivity index (χ3v) is 4.44. The number of benzene rings is 1. The van der Waals surface area contributed by atoms with Crippen molar-refractivity contribution in [2.24, 2.45) is 5.92 Å². The highest BCUT2D eigenvalue weighted by molar-refractivity contribution is 7.89. The Hall–Kier alpha value is -0.820. The van der Waals surface area contributed by atoms with Gasteiger partial charge in [-0.05, 0) is 31.0 Å². The van der Waals surface area contributed by atoms with Crippen molar-refractivity contribution in [1.82, 2.24) is 10.3 Å². The Bertz CT molecular complexity index is 585. The molecule has 18 heavy (non-hydrogen) atoms. The average molecular weight is 309 g/mol. The fraction of sp³-hybridized carbons (Fsp3) is 0.300. The number of rotatable bonds is 4. The van der Waals surface area contributed by atoms with Crippen molar-refractivity contribution in [2.45, 2.75) is 17.7 Å². The highest BCUT2D eigenvalue weighted by Gasteiger charge is 2.30. The molecule has 0 aliphatic heterocycles. The van der Waals surface area contributed by atoms with E-state index in [0.717, 1.165) is 12.8 Å². The quantitative estimate of drug-likeness (QED) is 0.832. The molecule has 1 aromatic rings. The van der Waals surface area contributed by atoms with Crippen molar-refractivity contribution in [3.05, 3.63) is 28.2 Å². The zero-order chi connectivity index (χ0) is 13.3. The predicted molar refractivity (Wildman–Crippen MR) is 67.7 cm³/mol. The van der Waals surface area contributed by atoms with Gasteiger partial charge in [0.15, 0.2) is 0 Å². The predicted octanol–water partition coefficient (Wildman–Crippen LogP) is 1.71. The highest BCUT2D eigenvalue weighted by Crippen LogP contribution is 2.28. The van der Waals surface area contributed by atoms with Crippen LogP contribution in [0.2, 0.25) is 10.0 Å². The molecule has 0 aromatic heterocycles. The molecule has 0 spiro atoms. The van der Waals surface area contributed by atoms with Gasteiger partial charge in [-0.3, -0.25) is 10.2 Å². The molecule has 2 N–H and O–H groups in total. The molecule has 0 unspecified atom stereocenters. The Kier molecular flexibility index (Phi) is 3.82. The lowest BCUT2D eigenvalue weighted by Gasteiger charge is -2.08. The molecule has 0 bridgehead atoms. The van der Waals surface area contributed by atoms with Gasteiger partial charge in [-0.15, -0.1) is 4.83 Å². The van der Waals surface area contributed by atoms with Crippen LogP contribution < -0.4 is 10.3 Å². The second-order valence-electron chi connectivity index (χ2n) is 3.94. The molecule has 1 amide bonds. The summed E-state index contributed by atoms with van der Waals surface area (Å²) in [6.07, 6.45) is 1.58. The van der Waals surface area contributed by atoms with Crippen LogP contribution in [-0.2, 0) is 14.8 Å². The van der Waals surface area contributed by atoms with E-state index in [0.29, 0.717) is 0 Å². The smallest absolute Gasteiger partial charge is 0.257 e. The number of amides is 1. The van der Waals surface area contributed by atoms with Gasteiger partial charge in [-0.1, -0.05) is 23.2 Å². The summed E-state index contributed by atoms with van der Waals surface area (Å²) in [5.41, 5.74) is 2.16. The lowest BCUT2D eigenvalue weighted by atomic mass is 10.4. The van der Waals surface area contributed by atoms with Crippen molar-refractivity contribution in [3.63, 3.8) is 0 Å². The van der Waals surface area contributed by atoms with Crippen LogP contribution in [0.1, 0.15) is 12.8 Å². The normalized spacial score (nSPS) is 15.4. The van der Waals surface area contributed by atoms with Crippen LogP contribution in [0.15, 0.2) is 23.1 Å². The summed E-state index contributed by atoms with van der Waals surface area (Å²) in [6, 6.07) is 3.90. The molecule has 1 aromatic carbocycles. The Labute approximate surface area is 114 Å². The van der Waals surface area contributed by atoms with E-state index in [1.165, 1.54) is 18.2 Å². The minimum Gasteiger partial charge on any atom is -0.277 e. The molecule has 1 fully saturated rings. The fourth-order valence-electron chi connectivity index (χ4n) is 1.27. The number of hydrogen-bond acceptors (Lipinski definition) is 3. The van der Waals surface area contributed by atoms with Crippen LogP contribution in [0.25, 0.3) is 0 Å². The second kappa shape index (κ2) is 5.05. The third-order valence-electron chi connectivity index (χ3n) is 2.46. The Balaban J connectivity index is 2.09. The van der Waals surface area contributed by atoms with Gasteiger partial charge >= 0.3 is 0 Å². The van der Waals surface area contributed by atoms with Crippen LogP contribution in [0.3, 0.4) is 0 Å². The lowest BCUT2D eigenvalue weighted by Crippen LogP contribution is -2.42. The van der Waals surface area contributed by atoms with E-state index in [4.69, 9.17) is 23.2 Å². The van der Waals surface area contributed by atoms with Gasteiger partial charge in [0.2, 0.25) is 5.91 Å². The maximum atomic E-state index is 11.8. The maximum Gasteiger partial charge on any atom is 0.257 e. The fourth-order valence-corrected chi connectivity index (χ4v) is 2.50. The van der Waals surface area contributed by atoms with Crippen molar-refractivity contribution in [2.75, 3.05) is 0 Å². The molecule has 0 heterocycles. The molecular formula is C10H10Cl2N2O3S. The van der Waals surface area contributed by atoms with Gasteiger partial charge in [0, 0.05) is 5.92 Å². The van der Waals surface area contributed by atoms with Crippen molar-refractivity contribution < 1.29 is 13.2 Å². The number of carbonyl (C=O) groups is 1. The number of carbonyl (C=O) groups excluding carboxylic acids is 1. The van der Waals surface area contributed by atoms with Crippen LogP contribution in [0.5, 0.6) is 0 Å². The number of hydrazine groups is 1. The molecule has 2 rings (SSSR count). The van der Waals surface area contributed by atoms with Gasteiger partial charge in [0.1, 0.15) is 0 Å². The zero-order valence-electron chi connectivity index (χ0n) is 9.11. The largest absolute Gasteiger partial charge is 0.277 e. The minimum atomic E-state index is -3.83. The Morgan fingerprint density at radius 1 is 1.22 bits per heavy atom. The van der Waals surface area contributed by atoms with E-state index in [9.17, 15) is 13.2 Å². The summed E-state index contributed by atoms with van der Waals surface area (Å²) in [6.45, 7) is 0. The molecule has 1 aliphatic rings. The summed E-state index contributed by atoms with van der Waals surface area (Å²) in [4.78, 5) is 13.3. The monoisotopic (exact) mass is 308 g/mol. The number of nitrogens with one attached hydrogen (secondary N) is 2. The number of hydrogen-bond donors (Lipinski definition) is 2. The molecule has 1 saturated carbocycles. The molecular weight excluding hydrogens is 299 g/mol. The summed E-state index contributed by atoms with van der Waals surface area (Å²) in [5.74, 6) is -0.403. The van der Waals surface area contributed by atoms with Crippen molar-refractivity contribution in [3.8, 4) is 0 Å². The number of sulfonamides is 1. The summed E-state index contributed by atoms with van der Waals surface area (Å²) < 4.78 is 23.6. The minimum absolute atomic E-state index is 0.0620. The average Bonchev–Trinajstić information content (AvgIpc) is 3.13. The third kappa shape index (κ3) is 3.14. The number of halogens is 2. The summed E-state index contributed by atoms with van der Waals surface area (Å²) >= 11 is 11.4. The summed E-state index contributed by atoms with van der Waals surface area (Å²) in [7, 11) is -3.83. The first kappa shape index (κ1) is 13.6. The Morgan fingerprint density at radius 3 is 2.44 bits per heavy atom.